The van der Waals surface area contributed by atoms with Crippen molar-refractivity contribution < 1.29 is 0 Å². The summed E-state index contributed by atoms with van der Waals surface area (Å²) in [6.07, 6.45) is 6.07. The number of fused-ring (bicyclic) bond motifs is 2. The van der Waals surface area contributed by atoms with Crippen molar-refractivity contribution in [2.75, 3.05) is 5.88 Å². The second kappa shape index (κ2) is 1.76. The van der Waals surface area contributed by atoms with Crippen LogP contribution in [0.3, 0.4) is 0 Å². The zero-order valence-corrected chi connectivity index (χ0v) is 6.51. The Hall–Kier alpha value is -1.03. The lowest BCUT2D eigenvalue weighted by Crippen LogP contribution is -2.30. The van der Waals surface area contributed by atoms with E-state index < -0.39 is 0 Å². The molecular weight excluding hydrogens is 158 g/mol. The summed E-state index contributed by atoms with van der Waals surface area (Å²) >= 11 is 1.74. The summed E-state index contributed by atoms with van der Waals surface area (Å²) in [5, 5.41) is 0. The van der Waals surface area contributed by atoms with Gasteiger partial charge in [-0.25, -0.2) is 4.99 Å². The molecule has 0 fully saturated rings. The SMILES string of the molecule is C1=CN2C=C3SCN=C3N=C12. The third kappa shape index (κ3) is 0.646. The van der Waals surface area contributed by atoms with E-state index in [0.717, 1.165) is 17.5 Å². The predicted molar refractivity (Wildman–Crippen MR) is 46.4 cm³/mol. The second-order valence-electron chi connectivity index (χ2n) is 2.44. The molecule has 0 saturated heterocycles. The highest BCUT2D eigenvalue weighted by Gasteiger charge is 2.24. The molecule has 0 atom stereocenters. The molecule has 0 bridgehead atoms. The molecule has 3 rings (SSSR count). The first-order valence-corrected chi connectivity index (χ1v) is 4.37. The van der Waals surface area contributed by atoms with Gasteiger partial charge in [-0.2, -0.15) is 0 Å². The molecule has 0 unspecified atom stereocenters. The van der Waals surface area contributed by atoms with E-state index in [0.29, 0.717) is 0 Å². The molecule has 54 valence electrons. The van der Waals surface area contributed by atoms with Crippen LogP contribution in [0.4, 0.5) is 0 Å². The maximum atomic E-state index is 4.33. The molecule has 3 aliphatic rings. The molecule has 3 nitrogen and oxygen atoms in total. The molecule has 3 heterocycles. The predicted octanol–water partition coefficient (Wildman–Crippen LogP) is 1.17. The molecule has 4 heteroatoms. The molecule has 0 radical (unpaired) electrons. The van der Waals surface area contributed by atoms with Crippen molar-refractivity contribution in [2.24, 2.45) is 9.98 Å². The van der Waals surface area contributed by atoms with E-state index in [9.17, 15) is 0 Å². The van der Waals surface area contributed by atoms with Crippen molar-refractivity contribution in [3.8, 4) is 0 Å². The van der Waals surface area contributed by atoms with Crippen LogP contribution >= 0.6 is 11.8 Å². The first-order chi connectivity index (χ1) is 5.43. The van der Waals surface area contributed by atoms with Gasteiger partial charge in [0.15, 0.2) is 5.84 Å². The minimum atomic E-state index is 0.825. The molecule has 0 spiro atoms. The van der Waals surface area contributed by atoms with Gasteiger partial charge in [0.25, 0.3) is 0 Å². The Kier molecular flexibility index (Phi) is 0.898. The molecule has 0 aromatic rings. The van der Waals surface area contributed by atoms with Crippen LogP contribution in [0.5, 0.6) is 0 Å². The number of rotatable bonds is 0. The normalized spacial score (nSPS) is 24.7. The van der Waals surface area contributed by atoms with Gasteiger partial charge in [0, 0.05) is 12.4 Å². The smallest absolute Gasteiger partial charge is 0.165 e. The van der Waals surface area contributed by atoms with Crippen LogP contribution < -0.4 is 0 Å². The minimum absolute atomic E-state index is 0.825. The number of amidine groups is 2. The Morgan fingerprint density at radius 2 is 2.55 bits per heavy atom. The summed E-state index contributed by atoms with van der Waals surface area (Å²) in [6.45, 7) is 0. The van der Waals surface area contributed by atoms with E-state index in [1.807, 2.05) is 17.2 Å². The van der Waals surface area contributed by atoms with Crippen LogP contribution in [0.15, 0.2) is 33.4 Å². The van der Waals surface area contributed by atoms with Crippen molar-refractivity contribution in [3.05, 3.63) is 23.4 Å². The number of aliphatic imine (C=N–C) groups is 2. The fourth-order valence-corrected chi connectivity index (χ4v) is 1.91. The van der Waals surface area contributed by atoms with Gasteiger partial charge in [0.2, 0.25) is 0 Å². The zero-order valence-electron chi connectivity index (χ0n) is 5.69. The molecular formula is C7H5N3S. The maximum Gasteiger partial charge on any atom is 0.165 e. The van der Waals surface area contributed by atoms with E-state index in [1.54, 1.807) is 11.8 Å². The molecule has 0 saturated carbocycles. The molecule has 0 aromatic heterocycles. The van der Waals surface area contributed by atoms with Gasteiger partial charge in [-0.05, 0) is 6.08 Å². The summed E-state index contributed by atoms with van der Waals surface area (Å²) in [5.74, 6) is 2.74. The molecule has 0 N–H and O–H groups in total. The Balaban J connectivity index is 2.14. The highest BCUT2D eigenvalue weighted by atomic mass is 32.2. The first-order valence-electron chi connectivity index (χ1n) is 3.38. The van der Waals surface area contributed by atoms with Crippen LogP contribution in [0.2, 0.25) is 0 Å². The quantitative estimate of drug-likeness (QED) is 0.536. The van der Waals surface area contributed by atoms with E-state index >= 15 is 0 Å². The summed E-state index contributed by atoms with van der Waals surface area (Å²) in [7, 11) is 0. The van der Waals surface area contributed by atoms with Crippen molar-refractivity contribution in [3.63, 3.8) is 0 Å². The molecule has 0 aromatic carbocycles. The highest BCUT2D eigenvalue weighted by molar-refractivity contribution is 8.04. The van der Waals surface area contributed by atoms with Gasteiger partial charge < -0.3 is 4.90 Å². The third-order valence-electron chi connectivity index (χ3n) is 1.78. The lowest BCUT2D eigenvalue weighted by Gasteiger charge is -2.26. The average molecular weight is 163 g/mol. The lowest BCUT2D eigenvalue weighted by molar-refractivity contribution is 0.722. The minimum Gasteiger partial charge on any atom is -0.307 e. The summed E-state index contributed by atoms with van der Waals surface area (Å²) in [4.78, 5) is 11.8. The van der Waals surface area contributed by atoms with Crippen LogP contribution in [0.25, 0.3) is 0 Å². The van der Waals surface area contributed by atoms with Gasteiger partial charge in [-0.1, -0.05) is 11.8 Å². The van der Waals surface area contributed by atoms with Gasteiger partial charge >= 0.3 is 0 Å². The van der Waals surface area contributed by atoms with Gasteiger partial charge in [-0.3, -0.25) is 4.99 Å². The summed E-state index contributed by atoms with van der Waals surface area (Å²) in [5.41, 5.74) is 0. The molecule has 3 aliphatic heterocycles. The van der Waals surface area contributed by atoms with E-state index in [2.05, 4.69) is 16.2 Å². The Morgan fingerprint density at radius 3 is 3.36 bits per heavy atom. The fourth-order valence-electron chi connectivity index (χ4n) is 1.16. The van der Waals surface area contributed by atoms with E-state index in [-0.39, 0.29) is 0 Å². The topological polar surface area (TPSA) is 28.0 Å². The van der Waals surface area contributed by atoms with Gasteiger partial charge in [0.05, 0.1) is 10.8 Å². The van der Waals surface area contributed by atoms with Crippen molar-refractivity contribution in [1.82, 2.24) is 4.90 Å². The maximum absolute atomic E-state index is 4.33. The zero-order chi connectivity index (χ0) is 7.26. The average Bonchev–Trinajstić information content (AvgIpc) is 2.40. The standard InChI is InChI=1S/C7H5N3S/c1-2-10-3-5-7(8-4-11-5)9-6(1)10/h1-3H,4H2. The van der Waals surface area contributed by atoms with Crippen LogP contribution in [-0.4, -0.2) is 22.4 Å². The monoisotopic (exact) mass is 163 g/mol. The van der Waals surface area contributed by atoms with Crippen LogP contribution in [0, 0.1) is 0 Å². The van der Waals surface area contributed by atoms with Gasteiger partial charge in [-0.15, -0.1) is 0 Å². The number of hydrogen-bond acceptors (Lipinski definition) is 4. The van der Waals surface area contributed by atoms with Crippen molar-refractivity contribution in [1.29, 1.82) is 0 Å². The Morgan fingerprint density at radius 1 is 1.55 bits per heavy atom. The largest absolute Gasteiger partial charge is 0.307 e. The lowest BCUT2D eigenvalue weighted by atomic mass is 10.3. The molecule has 0 amide bonds. The van der Waals surface area contributed by atoms with Crippen molar-refractivity contribution in [2.45, 2.75) is 0 Å². The van der Waals surface area contributed by atoms with E-state index in [1.165, 1.54) is 4.91 Å². The number of hydrogen-bond donors (Lipinski definition) is 0. The number of nitrogens with zero attached hydrogens (tertiary/aromatic N) is 3. The summed E-state index contributed by atoms with van der Waals surface area (Å²) in [6, 6.07) is 0. The van der Waals surface area contributed by atoms with E-state index in [4.69, 9.17) is 0 Å². The molecule has 0 aliphatic carbocycles. The summed E-state index contributed by atoms with van der Waals surface area (Å²) < 4.78 is 0. The second-order valence-corrected chi connectivity index (χ2v) is 3.43. The van der Waals surface area contributed by atoms with Crippen LogP contribution in [-0.2, 0) is 0 Å². The fraction of sp³-hybridized carbons (Fsp3) is 0.143. The van der Waals surface area contributed by atoms with Gasteiger partial charge in [0.1, 0.15) is 5.84 Å². The third-order valence-corrected chi connectivity index (χ3v) is 2.64. The Bertz CT molecular complexity index is 338. The number of thioether (sulfide) groups is 1. The van der Waals surface area contributed by atoms with Crippen LogP contribution in [0.1, 0.15) is 0 Å². The highest BCUT2D eigenvalue weighted by Crippen LogP contribution is 2.30. The molecule has 11 heavy (non-hydrogen) atoms. The van der Waals surface area contributed by atoms with Crippen molar-refractivity contribution >= 4 is 23.4 Å². The Labute approximate surface area is 68.2 Å². The first kappa shape index (κ1) is 5.60.